The Bertz CT molecular complexity index is 699. The highest BCUT2D eigenvalue weighted by molar-refractivity contribution is 7.18. The first kappa shape index (κ1) is 12.8. The van der Waals surface area contributed by atoms with Gasteiger partial charge in [0.05, 0.1) is 4.88 Å². The first-order chi connectivity index (χ1) is 9.70. The molecule has 0 aliphatic heterocycles. The molecule has 0 spiro atoms. The Balaban J connectivity index is 1.84. The van der Waals surface area contributed by atoms with E-state index in [1.807, 2.05) is 37.4 Å². The summed E-state index contributed by atoms with van der Waals surface area (Å²) < 4.78 is 0. The van der Waals surface area contributed by atoms with Crippen molar-refractivity contribution < 1.29 is 0 Å². The van der Waals surface area contributed by atoms with Gasteiger partial charge >= 0.3 is 0 Å². The number of nitrogens with zero attached hydrogens (tertiary/aromatic N) is 2. The Hall–Kier alpha value is -2.20. The Kier molecular flexibility index (Phi) is 3.48. The number of anilines is 2. The molecule has 0 atom stereocenters. The van der Waals surface area contributed by atoms with Crippen LogP contribution in [0.2, 0.25) is 0 Å². The van der Waals surface area contributed by atoms with Gasteiger partial charge in [-0.3, -0.25) is 0 Å². The van der Waals surface area contributed by atoms with E-state index in [2.05, 4.69) is 40.4 Å². The molecule has 0 unspecified atom stereocenters. The van der Waals surface area contributed by atoms with Gasteiger partial charge in [0.25, 0.3) is 0 Å². The minimum absolute atomic E-state index is 0.844. The highest BCUT2D eigenvalue weighted by atomic mass is 32.1. The number of hydrogen-bond acceptors (Lipinski definition) is 4. The second-order valence-corrected chi connectivity index (χ2v) is 5.72. The lowest BCUT2D eigenvalue weighted by molar-refractivity contribution is 1.17. The fourth-order valence-corrected chi connectivity index (χ4v) is 2.91. The van der Waals surface area contributed by atoms with Crippen LogP contribution in [0.3, 0.4) is 0 Å². The molecule has 1 N–H and O–H groups in total. The summed E-state index contributed by atoms with van der Waals surface area (Å²) in [5, 5.41) is 4.13. The minimum Gasteiger partial charge on any atom is -0.316 e. The van der Waals surface area contributed by atoms with Gasteiger partial charge in [-0.2, -0.15) is 0 Å². The lowest BCUT2D eigenvalue weighted by atomic mass is 10.2. The molecule has 3 nitrogen and oxygen atoms in total. The molecule has 4 heteroatoms. The summed E-state index contributed by atoms with van der Waals surface area (Å²) >= 11 is 1.63. The molecule has 0 saturated heterocycles. The summed E-state index contributed by atoms with van der Waals surface area (Å²) in [6, 6.07) is 14.3. The Morgan fingerprint density at radius 2 is 1.85 bits per heavy atom. The van der Waals surface area contributed by atoms with Crippen molar-refractivity contribution in [1.82, 2.24) is 9.97 Å². The average molecular weight is 281 g/mol. The van der Waals surface area contributed by atoms with E-state index in [0.717, 1.165) is 21.5 Å². The Morgan fingerprint density at radius 3 is 2.60 bits per heavy atom. The number of nitrogens with one attached hydrogen (secondary N) is 1. The third kappa shape index (κ3) is 2.86. The lowest BCUT2D eigenvalue weighted by Gasteiger charge is -2.04. The van der Waals surface area contributed by atoms with Crippen LogP contribution in [-0.2, 0) is 0 Å². The van der Waals surface area contributed by atoms with E-state index in [1.54, 1.807) is 11.3 Å². The van der Waals surface area contributed by atoms with Crippen molar-refractivity contribution in [3.8, 4) is 10.4 Å². The maximum absolute atomic E-state index is 4.47. The molecule has 1 aromatic carbocycles. The van der Waals surface area contributed by atoms with E-state index in [9.17, 15) is 0 Å². The van der Waals surface area contributed by atoms with E-state index in [-0.39, 0.29) is 0 Å². The van der Waals surface area contributed by atoms with Crippen LogP contribution >= 0.6 is 11.3 Å². The number of hydrogen-bond donors (Lipinski definition) is 1. The Labute approximate surface area is 122 Å². The maximum atomic E-state index is 4.47. The van der Waals surface area contributed by atoms with Crippen molar-refractivity contribution in [2.45, 2.75) is 13.8 Å². The standard InChI is InChI=1S/C16H15N3S/c1-11-8-12(2)18-15(9-11)19-16-17-10-14(20-16)13-6-4-3-5-7-13/h3-10H,1-2H3,(H,17,18,19). The molecule has 2 heterocycles. The molecule has 2 aromatic heterocycles. The second-order valence-electron chi connectivity index (χ2n) is 4.69. The molecule has 20 heavy (non-hydrogen) atoms. The number of rotatable bonds is 3. The van der Waals surface area contributed by atoms with Gasteiger partial charge in [0, 0.05) is 11.9 Å². The van der Waals surface area contributed by atoms with Crippen molar-refractivity contribution >= 4 is 22.3 Å². The fraction of sp³-hybridized carbons (Fsp3) is 0.125. The third-order valence-electron chi connectivity index (χ3n) is 2.90. The maximum Gasteiger partial charge on any atom is 0.188 e. The molecule has 0 radical (unpaired) electrons. The zero-order chi connectivity index (χ0) is 13.9. The predicted molar refractivity (Wildman–Crippen MR) is 84.5 cm³/mol. The highest BCUT2D eigenvalue weighted by Crippen LogP contribution is 2.30. The normalized spacial score (nSPS) is 10.5. The van der Waals surface area contributed by atoms with Gasteiger partial charge in [0.2, 0.25) is 0 Å². The summed E-state index contributed by atoms with van der Waals surface area (Å²) in [7, 11) is 0. The number of aryl methyl sites for hydroxylation is 2. The molecule has 0 aliphatic rings. The van der Waals surface area contributed by atoms with Crippen molar-refractivity contribution in [3.63, 3.8) is 0 Å². The van der Waals surface area contributed by atoms with Crippen molar-refractivity contribution in [2.75, 3.05) is 5.32 Å². The van der Waals surface area contributed by atoms with Crippen LogP contribution in [0.5, 0.6) is 0 Å². The number of benzene rings is 1. The van der Waals surface area contributed by atoms with Crippen LogP contribution in [0.4, 0.5) is 10.9 Å². The lowest BCUT2D eigenvalue weighted by Crippen LogP contribution is -1.95. The van der Waals surface area contributed by atoms with E-state index in [1.165, 1.54) is 11.1 Å². The molecule has 3 aromatic rings. The Morgan fingerprint density at radius 1 is 1.05 bits per heavy atom. The third-order valence-corrected chi connectivity index (χ3v) is 3.86. The van der Waals surface area contributed by atoms with Gasteiger partial charge in [0.1, 0.15) is 5.82 Å². The van der Waals surface area contributed by atoms with E-state index in [4.69, 9.17) is 0 Å². The summed E-state index contributed by atoms with van der Waals surface area (Å²) in [5.74, 6) is 0.844. The summed E-state index contributed by atoms with van der Waals surface area (Å²) in [6.45, 7) is 4.06. The van der Waals surface area contributed by atoms with Crippen LogP contribution in [0.25, 0.3) is 10.4 Å². The summed E-state index contributed by atoms with van der Waals surface area (Å²) in [6.07, 6.45) is 1.89. The molecular formula is C16H15N3S. The van der Waals surface area contributed by atoms with Gasteiger partial charge in [-0.25, -0.2) is 9.97 Å². The second kappa shape index (κ2) is 5.43. The molecule has 0 fully saturated rings. The zero-order valence-electron chi connectivity index (χ0n) is 11.4. The van der Waals surface area contributed by atoms with Crippen molar-refractivity contribution in [3.05, 3.63) is 59.9 Å². The molecule has 0 saturated carbocycles. The van der Waals surface area contributed by atoms with Gasteiger partial charge in [-0.15, -0.1) is 0 Å². The van der Waals surface area contributed by atoms with Crippen molar-refractivity contribution in [2.24, 2.45) is 0 Å². The van der Waals surface area contributed by atoms with Gasteiger partial charge in [-0.1, -0.05) is 41.7 Å². The smallest absolute Gasteiger partial charge is 0.188 e. The summed E-state index contributed by atoms with van der Waals surface area (Å²) in [5.41, 5.74) is 3.39. The predicted octanol–water partition coefficient (Wildman–Crippen LogP) is 4.57. The summed E-state index contributed by atoms with van der Waals surface area (Å²) in [4.78, 5) is 10.0. The van der Waals surface area contributed by atoms with Gasteiger partial charge in [-0.05, 0) is 37.1 Å². The van der Waals surface area contributed by atoms with E-state index >= 15 is 0 Å². The molecule has 0 aliphatic carbocycles. The van der Waals surface area contributed by atoms with Crippen LogP contribution in [-0.4, -0.2) is 9.97 Å². The first-order valence-corrected chi connectivity index (χ1v) is 7.26. The van der Waals surface area contributed by atoms with Gasteiger partial charge < -0.3 is 5.32 Å². The number of aromatic nitrogens is 2. The SMILES string of the molecule is Cc1cc(C)nc(Nc2ncc(-c3ccccc3)s2)c1. The van der Waals surface area contributed by atoms with E-state index < -0.39 is 0 Å². The molecule has 0 bridgehead atoms. The fourth-order valence-electron chi connectivity index (χ4n) is 2.08. The van der Waals surface area contributed by atoms with Crippen LogP contribution in [0, 0.1) is 13.8 Å². The van der Waals surface area contributed by atoms with Crippen LogP contribution < -0.4 is 5.32 Å². The topological polar surface area (TPSA) is 37.8 Å². The quantitative estimate of drug-likeness (QED) is 0.764. The minimum atomic E-state index is 0.844. The molecular weight excluding hydrogens is 266 g/mol. The first-order valence-electron chi connectivity index (χ1n) is 6.44. The molecule has 0 amide bonds. The van der Waals surface area contributed by atoms with Crippen molar-refractivity contribution in [1.29, 1.82) is 0 Å². The highest BCUT2D eigenvalue weighted by Gasteiger charge is 2.05. The van der Waals surface area contributed by atoms with Crippen LogP contribution in [0.1, 0.15) is 11.3 Å². The number of pyridine rings is 1. The monoisotopic (exact) mass is 281 g/mol. The largest absolute Gasteiger partial charge is 0.316 e. The van der Waals surface area contributed by atoms with Gasteiger partial charge in [0.15, 0.2) is 5.13 Å². The molecule has 100 valence electrons. The average Bonchev–Trinajstić information content (AvgIpc) is 2.87. The van der Waals surface area contributed by atoms with E-state index in [0.29, 0.717) is 0 Å². The number of thiazole rings is 1. The zero-order valence-corrected chi connectivity index (χ0v) is 12.2. The van der Waals surface area contributed by atoms with Crippen LogP contribution in [0.15, 0.2) is 48.7 Å². The molecule has 3 rings (SSSR count).